The minimum Gasteiger partial charge on any atom is -0.480 e. The molecule has 1 saturated carbocycles. The van der Waals surface area contributed by atoms with E-state index in [9.17, 15) is 13.2 Å². The average Bonchev–Trinajstić information content (AvgIpc) is 2.91. The minimum atomic E-state index is -3.70. The molecule has 0 spiro atoms. The molecule has 0 aromatic carbocycles. The molecule has 2 aliphatic rings. The van der Waals surface area contributed by atoms with Crippen LogP contribution >= 0.6 is 0 Å². The summed E-state index contributed by atoms with van der Waals surface area (Å²) >= 11 is 0. The van der Waals surface area contributed by atoms with E-state index in [4.69, 9.17) is 5.11 Å². The molecule has 1 N–H and O–H groups in total. The maximum atomic E-state index is 12.1. The Morgan fingerprint density at radius 3 is 2.16 bits per heavy atom. The number of carboxylic acids is 1. The molecule has 19 heavy (non-hydrogen) atoms. The molecule has 7 heteroatoms. The van der Waals surface area contributed by atoms with Gasteiger partial charge < -0.3 is 5.11 Å². The van der Waals surface area contributed by atoms with Crippen LogP contribution < -0.4 is 0 Å². The van der Waals surface area contributed by atoms with Crippen molar-refractivity contribution in [1.82, 2.24) is 9.21 Å². The van der Waals surface area contributed by atoms with Crippen LogP contribution in [0.15, 0.2) is 0 Å². The highest BCUT2D eigenvalue weighted by molar-refractivity contribution is 7.90. The summed E-state index contributed by atoms with van der Waals surface area (Å²) < 4.78 is 25.5. The minimum absolute atomic E-state index is 0.413. The van der Waals surface area contributed by atoms with Crippen molar-refractivity contribution in [3.8, 4) is 0 Å². The number of hydrogen-bond donors (Lipinski definition) is 1. The fraction of sp³-hybridized carbons (Fsp3) is 0.917. The van der Waals surface area contributed by atoms with Crippen molar-refractivity contribution in [2.24, 2.45) is 0 Å². The van der Waals surface area contributed by atoms with Crippen LogP contribution in [0, 0.1) is 0 Å². The van der Waals surface area contributed by atoms with Crippen LogP contribution in [0.5, 0.6) is 0 Å². The number of hydrogen-bond acceptors (Lipinski definition) is 4. The lowest BCUT2D eigenvalue weighted by Crippen LogP contribution is -2.53. The molecule has 0 amide bonds. The van der Waals surface area contributed by atoms with Crippen LogP contribution in [0.1, 0.15) is 32.6 Å². The second-order valence-corrected chi connectivity index (χ2v) is 7.65. The van der Waals surface area contributed by atoms with Crippen molar-refractivity contribution in [1.29, 1.82) is 0 Å². The van der Waals surface area contributed by atoms with Gasteiger partial charge in [0.25, 0.3) is 0 Å². The fourth-order valence-corrected chi connectivity index (χ4v) is 4.32. The van der Waals surface area contributed by atoms with Gasteiger partial charge in [0.05, 0.1) is 0 Å². The van der Waals surface area contributed by atoms with Gasteiger partial charge in [-0.15, -0.1) is 0 Å². The van der Waals surface area contributed by atoms with E-state index in [1.54, 1.807) is 0 Å². The Kier molecular flexibility index (Phi) is 4.47. The van der Waals surface area contributed by atoms with Crippen molar-refractivity contribution in [2.45, 2.75) is 43.9 Å². The van der Waals surface area contributed by atoms with Gasteiger partial charge in [0.1, 0.15) is 0 Å². The quantitative estimate of drug-likeness (QED) is 0.808. The van der Waals surface area contributed by atoms with Gasteiger partial charge in [-0.3, -0.25) is 9.69 Å². The topological polar surface area (TPSA) is 77.9 Å². The maximum Gasteiger partial charge on any atom is 0.323 e. The van der Waals surface area contributed by atoms with Crippen molar-refractivity contribution in [3.63, 3.8) is 0 Å². The highest BCUT2D eigenvalue weighted by atomic mass is 32.2. The first-order chi connectivity index (χ1) is 8.93. The Morgan fingerprint density at radius 1 is 1.16 bits per heavy atom. The summed E-state index contributed by atoms with van der Waals surface area (Å²) in [6.45, 7) is 3.50. The summed E-state index contributed by atoms with van der Waals surface area (Å²) in [5.41, 5.74) is 0. The van der Waals surface area contributed by atoms with E-state index in [1.807, 2.05) is 0 Å². The summed E-state index contributed by atoms with van der Waals surface area (Å²) in [7, 11) is -3.70. The molecule has 1 heterocycles. The van der Waals surface area contributed by atoms with Crippen LogP contribution in [0.3, 0.4) is 0 Å². The smallest absolute Gasteiger partial charge is 0.323 e. The first-order valence-corrected chi connectivity index (χ1v) is 8.39. The Labute approximate surface area is 114 Å². The molecular weight excluding hydrogens is 268 g/mol. The lowest BCUT2D eigenvalue weighted by Gasteiger charge is -2.37. The van der Waals surface area contributed by atoms with Gasteiger partial charge in [-0.25, -0.2) is 8.42 Å². The molecule has 2 rings (SSSR count). The Morgan fingerprint density at radius 2 is 1.68 bits per heavy atom. The molecule has 110 valence electrons. The molecule has 1 unspecified atom stereocenters. The number of piperazine rings is 1. The summed E-state index contributed by atoms with van der Waals surface area (Å²) in [5, 5.41) is 7.50. The van der Waals surface area contributed by atoms with E-state index >= 15 is 0 Å². The number of nitrogens with zero attached hydrogens (tertiary/aromatic N) is 2. The van der Waals surface area contributed by atoms with Gasteiger partial charge in [-0.05, 0) is 19.8 Å². The van der Waals surface area contributed by atoms with E-state index in [1.165, 1.54) is 36.9 Å². The highest BCUT2D eigenvalue weighted by Gasteiger charge is 2.36. The molecule has 2 fully saturated rings. The van der Waals surface area contributed by atoms with Gasteiger partial charge in [0, 0.05) is 32.2 Å². The van der Waals surface area contributed by atoms with E-state index in [0.29, 0.717) is 19.1 Å². The lowest BCUT2D eigenvalue weighted by molar-refractivity contribution is -0.136. The van der Waals surface area contributed by atoms with Crippen molar-refractivity contribution in [3.05, 3.63) is 0 Å². The van der Waals surface area contributed by atoms with E-state index in [-0.39, 0.29) is 0 Å². The maximum absolute atomic E-state index is 12.1. The molecule has 1 saturated heterocycles. The third kappa shape index (κ3) is 3.09. The van der Waals surface area contributed by atoms with Crippen LogP contribution in [-0.4, -0.2) is 66.2 Å². The molecule has 1 aliphatic carbocycles. The predicted octanol–water partition coefficient (Wildman–Crippen LogP) is 0.350. The van der Waals surface area contributed by atoms with E-state index < -0.39 is 21.2 Å². The third-order valence-corrected chi connectivity index (χ3v) is 6.45. The highest BCUT2D eigenvalue weighted by Crippen LogP contribution is 2.25. The summed E-state index contributed by atoms with van der Waals surface area (Å²) in [6.07, 6.45) is 4.94. The Hall–Kier alpha value is -0.660. The third-order valence-electron chi connectivity index (χ3n) is 4.27. The van der Waals surface area contributed by atoms with Crippen LogP contribution in [0.25, 0.3) is 0 Å². The lowest BCUT2D eigenvalue weighted by atomic mass is 10.2. The summed E-state index contributed by atoms with van der Waals surface area (Å²) in [6, 6.07) is 0.599. The number of aliphatic carboxylic acids is 1. The molecule has 0 aromatic rings. The molecule has 0 radical (unpaired) electrons. The van der Waals surface area contributed by atoms with Crippen LogP contribution in [-0.2, 0) is 14.8 Å². The molecule has 0 bridgehead atoms. The molecule has 0 aromatic heterocycles. The standard InChI is InChI=1S/C12H22N2O4S/c1-10(12(15)16)19(17,18)14-8-6-13(7-9-14)11-4-2-3-5-11/h10-11H,2-9H2,1H3,(H,15,16). The fourth-order valence-electron chi connectivity index (χ4n) is 2.94. The zero-order valence-electron chi connectivity index (χ0n) is 11.3. The van der Waals surface area contributed by atoms with E-state index in [2.05, 4.69) is 4.90 Å². The molecule has 1 atom stereocenters. The zero-order valence-corrected chi connectivity index (χ0v) is 12.1. The summed E-state index contributed by atoms with van der Waals surface area (Å²) in [4.78, 5) is 13.2. The molecular formula is C12H22N2O4S. The van der Waals surface area contributed by atoms with Crippen molar-refractivity contribution in [2.75, 3.05) is 26.2 Å². The zero-order chi connectivity index (χ0) is 14.0. The second kappa shape index (κ2) is 5.76. The number of rotatable bonds is 4. The molecule has 1 aliphatic heterocycles. The van der Waals surface area contributed by atoms with Gasteiger partial charge >= 0.3 is 5.97 Å². The second-order valence-electron chi connectivity index (χ2n) is 5.40. The summed E-state index contributed by atoms with van der Waals surface area (Å²) in [5.74, 6) is -1.28. The van der Waals surface area contributed by atoms with E-state index in [0.717, 1.165) is 13.1 Å². The van der Waals surface area contributed by atoms with Gasteiger partial charge in [-0.2, -0.15) is 4.31 Å². The predicted molar refractivity (Wildman–Crippen MR) is 71.4 cm³/mol. The van der Waals surface area contributed by atoms with Gasteiger partial charge in [-0.1, -0.05) is 12.8 Å². The number of sulfonamides is 1. The van der Waals surface area contributed by atoms with Crippen LogP contribution in [0.2, 0.25) is 0 Å². The average molecular weight is 290 g/mol. The largest absolute Gasteiger partial charge is 0.480 e. The Bertz CT molecular complexity index is 423. The van der Waals surface area contributed by atoms with Crippen molar-refractivity contribution >= 4 is 16.0 Å². The number of carbonyl (C=O) groups is 1. The normalized spacial score (nSPS) is 25.5. The van der Waals surface area contributed by atoms with Crippen LogP contribution in [0.4, 0.5) is 0 Å². The first kappa shape index (κ1) is 14.7. The number of carboxylic acid groups (broad SMARTS) is 1. The van der Waals surface area contributed by atoms with Gasteiger partial charge in [0.2, 0.25) is 10.0 Å². The Balaban J connectivity index is 1.94. The monoisotopic (exact) mass is 290 g/mol. The first-order valence-electron chi connectivity index (χ1n) is 6.88. The van der Waals surface area contributed by atoms with Gasteiger partial charge in [0.15, 0.2) is 5.25 Å². The SMILES string of the molecule is CC(C(=O)O)S(=O)(=O)N1CCN(C2CCCC2)CC1. The van der Waals surface area contributed by atoms with Crippen molar-refractivity contribution < 1.29 is 18.3 Å². The molecule has 6 nitrogen and oxygen atoms in total.